The average Bonchev–Trinajstić information content (AvgIpc) is 3.08. The number of aromatic nitrogens is 4. The summed E-state index contributed by atoms with van der Waals surface area (Å²) in [7, 11) is 0. The van der Waals surface area contributed by atoms with Crippen LogP contribution in [0.5, 0.6) is 0 Å². The molecule has 4 heterocycles. The Hall–Kier alpha value is -2.12. The molecule has 6 nitrogen and oxygen atoms in total. The van der Waals surface area contributed by atoms with Gasteiger partial charge in [-0.1, -0.05) is 0 Å². The lowest BCUT2D eigenvalue weighted by atomic mass is 9.96. The van der Waals surface area contributed by atoms with Crippen LogP contribution in [0.3, 0.4) is 0 Å². The van der Waals surface area contributed by atoms with Gasteiger partial charge in [-0.3, -0.25) is 4.98 Å². The maximum absolute atomic E-state index is 5.86. The molecule has 1 aliphatic heterocycles. The third-order valence-corrected chi connectivity index (χ3v) is 6.65. The lowest BCUT2D eigenvalue weighted by Crippen LogP contribution is -2.48. The first-order chi connectivity index (χ1) is 13.2. The molecule has 0 spiro atoms. The smallest absolute Gasteiger partial charge is 0.183 e. The van der Waals surface area contributed by atoms with E-state index in [1.165, 1.54) is 28.7 Å². The van der Waals surface area contributed by atoms with Gasteiger partial charge >= 0.3 is 0 Å². The fraction of sp³-hybridized carbons (Fsp3) is 0.500. The van der Waals surface area contributed by atoms with Gasteiger partial charge in [0, 0.05) is 23.8 Å². The first kappa shape index (κ1) is 17.0. The van der Waals surface area contributed by atoms with Crippen LogP contribution in [-0.2, 0) is 17.6 Å². The minimum atomic E-state index is 0.195. The molecule has 3 aromatic rings. The lowest BCUT2D eigenvalue weighted by Gasteiger charge is -2.38. The summed E-state index contributed by atoms with van der Waals surface area (Å²) >= 11 is 1.83. The molecule has 3 aromatic heterocycles. The number of ether oxygens (including phenoxy) is 1. The molecule has 0 bridgehead atoms. The second-order valence-electron chi connectivity index (χ2n) is 7.50. The highest BCUT2D eigenvalue weighted by Crippen LogP contribution is 2.41. The Bertz CT molecular complexity index is 973. The van der Waals surface area contributed by atoms with E-state index >= 15 is 0 Å². The molecular formula is C20H23N5OS. The van der Waals surface area contributed by atoms with E-state index in [1.54, 1.807) is 18.6 Å². The van der Waals surface area contributed by atoms with Crippen LogP contribution < -0.4 is 4.90 Å². The Morgan fingerprint density at radius 2 is 2.04 bits per heavy atom. The molecule has 1 aliphatic carbocycles. The highest BCUT2D eigenvalue weighted by atomic mass is 32.1. The quantitative estimate of drug-likeness (QED) is 0.675. The van der Waals surface area contributed by atoms with Gasteiger partial charge in [0.15, 0.2) is 5.82 Å². The monoisotopic (exact) mass is 381 g/mol. The number of hydrogen-bond acceptors (Lipinski definition) is 7. The molecule has 0 radical (unpaired) electrons. The van der Waals surface area contributed by atoms with Gasteiger partial charge in [0.2, 0.25) is 0 Å². The fourth-order valence-electron chi connectivity index (χ4n) is 4.07. The van der Waals surface area contributed by atoms with E-state index in [9.17, 15) is 0 Å². The lowest BCUT2D eigenvalue weighted by molar-refractivity contribution is 0.0342. The molecule has 27 heavy (non-hydrogen) atoms. The maximum atomic E-state index is 5.86. The van der Waals surface area contributed by atoms with Crippen molar-refractivity contribution in [1.82, 2.24) is 19.9 Å². The van der Waals surface area contributed by atoms with Gasteiger partial charge in [-0.25, -0.2) is 15.0 Å². The van der Waals surface area contributed by atoms with Crippen LogP contribution in [0.15, 0.2) is 18.6 Å². The molecule has 2 unspecified atom stereocenters. The van der Waals surface area contributed by atoms with Gasteiger partial charge in [-0.15, -0.1) is 11.3 Å². The molecule has 1 fully saturated rings. The number of nitrogens with zero attached hydrogens (tertiary/aromatic N) is 5. The SMILES string of the molecule is CC1CN(c2nc(-c3cnccn3)nc3sc4c(c23)CCCC4)C(C)CO1. The summed E-state index contributed by atoms with van der Waals surface area (Å²) in [6, 6.07) is 0.285. The van der Waals surface area contributed by atoms with Crippen LogP contribution in [0.1, 0.15) is 37.1 Å². The van der Waals surface area contributed by atoms with Crippen molar-refractivity contribution >= 4 is 27.4 Å². The number of hydrogen-bond donors (Lipinski definition) is 0. The predicted octanol–water partition coefficient (Wildman–Crippen LogP) is 3.64. The number of rotatable bonds is 2. The predicted molar refractivity (Wildman–Crippen MR) is 107 cm³/mol. The molecule has 0 aromatic carbocycles. The van der Waals surface area contributed by atoms with Gasteiger partial charge in [0.25, 0.3) is 0 Å². The summed E-state index contributed by atoms with van der Waals surface area (Å²) in [5, 5.41) is 1.25. The van der Waals surface area contributed by atoms with Crippen LogP contribution in [0.4, 0.5) is 5.82 Å². The van der Waals surface area contributed by atoms with Gasteiger partial charge in [-0.05, 0) is 45.1 Å². The molecule has 7 heteroatoms. The minimum Gasteiger partial charge on any atom is -0.375 e. The average molecular weight is 382 g/mol. The van der Waals surface area contributed by atoms with Crippen molar-refractivity contribution in [2.75, 3.05) is 18.1 Å². The normalized spacial score (nSPS) is 22.8. The summed E-state index contributed by atoms with van der Waals surface area (Å²) in [6.07, 6.45) is 10.1. The first-order valence-corrected chi connectivity index (χ1v) is 10.5. The molecular weight excluding hydrogens is 358 g/mol. The highest BCUT2D eigenvalue weighted by Gasteiger charge is 2.30. The first-order valence-electron chi connectivity index (χ1n) is 9.67. The van der Waals surface area contributed by atoms with Crippen molar-refractivity contribution in [3.05, 3.63) is 29.0 Å². The molecule has 1 saturated heterocycles. The largest absolute Gasteiger partial charge is 0.375 e. The summed E-state index contributed by atoms with van der Waals surface area (Å²) in [4.78, 5) is 23.5. The third kappa shape index (κ3) is 2.99. The number of anilines is 1. The summed E-state index contributed by atoms with van der Waals surface area (Å²) < 4.78 is 5.86. The topological polar surface area (TPSA) is 64.0 Å². The Balaban J connectivity index is 1.74. The number of thiophene rings is 1. The zero-order valence-corrected chi connectivity index (χ0v) is 16.5. The Morgan fingerprint density at radius 1 is 1.15 bits per heavy atom. The highest BCUT2D eigenvalue weighted by molar-refractivity contribution is 7.19. The number of aryl methyl sites for hydroxylation is 2. The van der Waals surface area contributed by atoms with E-state index in [2.05, 4.69) is 28.7 Å². The van der Waals surface area contributed by atoms with Gasteiger partial charge < -0.3 is 9.64 Å². The van der Waals surface area contributed by atoms with Gasteiger partial charge in [-0.2, -0.15) is 0 Å². The zero-order chi connectivity index (χ0) is 18.4. The third-order valence-electron chi connectivity index (χ3n) is 5.47. The Labute approximate surface area is 162 Å². The van der Waals surface area contributed by atoms with Crippen LogP contribution >= 0.6 is 11.3 Å². The Kier molecular flexibility index (Phi) is 4.28. The van der Waals surface area contributed by atoms with Crippen molar-refractivity contribution in [3.8, 4) is 11.5 Å². The molecule has 2 atom stereocenters. The molecule has 0 saturated carbocycles. The number of morpholine rings is 1. The van der Waals surface area contributed by atoms with E-state index in [4.69, 9.17) is 14.7 Å². The second-order valence-corrected chi connectivity index (χ2v) is 8.58. The van der Waals surface area contributed by atoms with Crippen molar-refractivity contribution in [3.63, 3.8) is 0 Å². The minimum absolute atomic E-state index is 0.195. The summed E-state index contributed by atoms with van der Waals surface area (Å²) in [5.74, 6) is 1.71. The molecule has 0 N–H and O–H groups in total. The number of fused-ring (bicyclic) bond motifs is 3. The van der Waals surface area contributed by atoms with Crippen molar-refractivity contribution < 1.29 is 4.74 Å². The van der Waals surface area contributed by atoms with Gasteiger partial charge in [0.05, 0.1) is 30.3 Å². The maximum Gasteiger partial charge on any atom is 0.183 e. The Morgan fingerprint density at radius 3 is 2.89 bits per heavy atom. The van der Waals surface area contributed by atoms with E-state index in [0.29, 0.717) is 5.82 Å². The molecule has 140 valence electrons. The summed E-state index contributed by atoms with van der Waals surface area (Å²) in [6.45, 7) is 5.90. The van der Waals surface area contributed by atoms with Crippen LogP contribution in [0, 0.1) is 0 Å². The fourth-order valence-corrected chi connectivity index (χ4v) is 5.33. The molecule has 5 rings (SSSR count). The van der Waals surface area contributed by atoms with E-state index in [1.807, 2.05) is 11.3 Å². The van der Waals surface area contributed by atoms with E-state index in [-0.39, 0.29) is 12.1 Å². The summed E-state index contributed by atoms with van der Waals surface area (Å²) in [5.41, 5.74) is 2.19. The standard InChI is InChI=1S/C20H23N5OS/c1-12-11-26-13(2)10-25(12)19-17-14-5-3-4-6-16(14)27-20(17)24-18(23-19)15-9-21-7-8-22-15/h7-9,12-13H,3-6,10-11H2,1-2H3. The molecule has 2 aliphatic rings. The zero-order valence-electron chi connectivity index (χ0n) is 15.7. The van der Waals surface area contributed by atoms with Crippen molar-refractivity contribution in [2.24, 2.45) is 0 Å². The van der Waals surface area contributed by atoms with E-state index < -0.39 is 0 Å². The second kappa shape index (κ2) is 6.80. The van der Waals surface area contributed by atoms with Crippen molar-refractivity contribution in [2.45, 2.75) is 51.7 Å². The van der Waals surface area contributed by atoms with E-state index in [0.717, 1.165) is 42.3 Å². The van der Waals surface area contributed by atoms with Crippen molar-refractivity contribution in [1.29, 1.82) is 0 Å². The van der Waals surface area contributed by atoms with Crippen LogP contribution in [0.25, 0.3) is 21.7 Å². The molecule has 0 amide bonds. The van der Waals surface area contributed by atoms with Crippen LogP contribution in [-0.4, -0.2) is 45.2 Å². The van der Waals surface area contributed by atoms with Crippen LogP contribution in [0.2, 0.25) is 0 Å². The van der Waals surface area contributed by atoms with Gasteiger partial charge in [0.1, 0.15) is 16.3 Å².